The van der Waals surface area contributed by atoms with Gasteiger partial charge < -0.3 is 4.90 Å². The van der Waals surface area contributed by atoms with Crippen molar-refractivity contribution in [3.05, 3.63) is 41.5 Å². The summed E-state index contributed by atoms with van der Waals surface area (Å²) in [5.74, 6) is -0.652. The van der Waals surface area contributed by atoms with Crippen LogP contribution in [-0.4, -0.2) is 35.7 Å². The summed E-state index contributed by atoms with van der Waals surface area (Å²) in [7, 11) is 0. The smallest absolute Gasteiger partial charge is 0.253 e. The minimum atomic E-state index is -0.236. The summed E-state index contributed by atoms with van der Waals surface area (Å²) >= 11 is 0. The fraction of sp³-hybridized carbons (Fsp3) is 0.500. The molecule has 3 amide bonds. The molecule has 2 atom stereocenters. The number of amides is 3. The van der Waals surface area contributed by atoms with Crippen molar-refractivity contribution in [3.63, 3.8) is 0 Å². The number of hydrogen-bond donors (Lipinski definition) is 0. The molecule has 4 rings (SSSR count). The molecular weight excluding hydrogens is 340 g/mol. The first-order valence-electron chi connectivity index (χ1n) is 9.99. The number of rotatable bonds is 2. The van der Waals surface area contributed by atoms with E-state index in [1.54, 1.807) is 24.3 Å². The van der Waals surface area contributed by atoms with Gasteiger partial charge in [-0.2, -0.15) is 0 Å². The van der Waals surface area contributed by atoms with Gasteiger partial charge in [-0.05, 0) is 56.9 Å². The van der Waals surface area contributed by atoms with Crippen molar-refractivity contribution in [2.24, 2.45) is 11.8 Å². The molecule has 0 unspecified atom stereocenters. The Labute approximate surface area is 160 Å². The number of carbonyl (C=O) groups excluding carboxylic acids is 3. The number of fused-ring (bicyclic) bond motifs is 1. The lowest BCUT2D eigenvalue weighted by atomic mass is 9.82. The van der Waals surface area contributed by atoms with E-state index in [0.717, 1.165) is 25.9 Å². The molecule has 0 aromatic heterocycles. The molecule has 1 aromatic rings. The standard InChI is InChI=1S/C22H26N2O3/c1-15-6-11-18-19(14-15)22(27)24(21(18)26)17-9-7-16(8-10-17)20(25)23-12-4-2-3-5-13-23/h6-10,18-19H,2-5,11-14H2,1H3/t18-,19-/m1/s1. The van der Waals surface area contributed by atoms with Crippen LogP contribution in [0.1, 0.15) is 55.8 Å². The topological polar surface area (TPSA) is 57.7 Å². The molecule has 2 heterocycles. The Kier molecular flexibility index (Phi) is 4.85. The molecule has 0 spiro atoms. The second kappa shape index (κ2) is 7.29. The van der Waals surface area contributed by atoms with E-state index in [-0.39, 0.29) is 29.6 Å². The van der Waals surface area contributed by atoms with E-state index in [2.05, 4.69) is 6.08 Å². The fourth-order valence-corrected chi connectivity index (χ4v) is 4.50. The molecule has 0 N–H and O–H groups in total. The number of nitrogens with zero attached hydrogens (tertiary/aromatic N) is 2. The SMILES string of the molecule is CC1=CC[C@H]2C(=O)N(c3ccc(C(=O)N4CCCCCC4)cc3)C(=O)[C@@H]2C1. The third-order valence-electron chi connectivity index (χ3n) is 6.09. The van der Waals surface area contributed by atoms with Gasteiger partial charge in [-0.1, -0.05) is 24.5 Å². The van der Waals surface area contributed by atoms with Crippen LogP contribution in [0.2, 0.25) is 0 Å². The second-order valence-electron chi connectivity index (χ2n) is 7.97. The van der Waals surface area contributed by atoms with Gasteiger partial charge in [0, 0.05) is 18.7 Å². The average Bonchev–Trinajstić information content (AvgIpc) is 2.87. The van der Waals surface area contributed by atoms with Gasteiger partial charge in [0.1, 0.15) is 0 Å². The molecule has 2 saturated heterocycles. The van der Waals surface area contributed by atoms with Gasteiger partial charge in [0.2, 0.25) is 11.8 Å². The fourth-order valence-electron chi connectivity index (χ4n) is 4.50. The lowest BCUT2D eigenvalue weighted by Gasteiger charge is -2.21. The van der Waals surface area contributed by atoms with Gasteiger partial charge in [0.25, 0.3) is 5.91 Å². The van der Waals surface area contributed by atoms with E-state index in [0.29, 0.717) is 24.1 Å². The van der Waals surface area contributed by atoms with E-state index in [1.165, 1.54) is 23.3 Å². The summed E-state index contributed by atoms with van der Waals surface area (Å²) in [5, 5.41) is 0. The van der Waals surface area contributed by atoms with E-state index < -0.39 is 0 Å². The Morgan fingerprint density at radius 1 is 0.926 bits per heavy atom. The maximum absolute atomic E-state index is 12.8. The van der Waals surface area contributed by atoms with Gasteiger partial charge in [0.15, 0.2) is 0 Å². The third-order valence-corrected chi connectivity index (χ3v) is 6.09. The quantitative estimate of drug-likeness (QED) is 0.594. The van der Waals surface area contributed by atoms with Crippen LogP contribution in [0.4, 0.5) is 5.69 Å². The van der Waals surface area contributed by atoms with Crippen LogP contribution in [0.5, 0.6) is 0 Å². The molecule has 1 aliphatic carbocycles. The molecular formula is C22H26N2O3. The molecule has 2 fully saturated rings. The molecule has 2 aliphatic heterocycles. The van der Waals surface area contributed by atoms with Gasteiger partial charge in [-0.25, -0.2) is 0 Å². The lowest BCUT2D eigenvalue weighted by Crippen LogP contribution is -2.32. The number of benzene rings is 1. The van der Waals surface area contributed by atoms with Crippen molar-refractivity contribution in [1.29, 1.82) is 0 Å². The van der Waals surface area contributed by atoms with Gasteiger partial charge in [0.05, 0.1) is 17.5 Å². The van der Waals surface area contributed by atoms with Crippen LogP contribution in [0.15, 0.2) is 35.9 Å². The van der Waals surface area contributed by atoms with Crippen molar-refractivity contribution in [2.75, 3.05) is 18.0 Å². The number of likely N-dealkylation sites (tertiary alicyclic amines) is 1. The normalized spacial score (nSPS) is 25.9. The van der Waals surface area contributed by atoms with Crippen molar-refractivity contribution in [2.45, 2.75) is 45.4 Å². The summed E-state index contributed by atoms with van der Waals surface area (Å²) < 4.78 is 0. The van der Waals surface area contributed by atoms with Gasteiger partial charge in [-0.15, -0.1) is 0 Å². The summed E-state index contributed by atoms with van der Waals surface area (Å²) in [4.78, 5) is 41.5. The van der Waals surface area contributed by atoms with Crippen molar-refractivity contribution in [3.8, 4) is 0 Å². The Morgan fingerprint density at radius 2 is 1.56 bits per heavy atom. The number of imide groups is 1. The first kappa shape index (κ1) is 18.0. The maximum atomic E-state index is 12.8. The Balaban J connectivity index is 1.51. The molecule has 0 radical (unpaired) electrons. The van der Waals surface area contributed by atoms with E-state index in [1.807, 2.05) is 11.8 Å². The zero-order valence-corrected chi connectivity index (χ0v) is 15.8. The zero-order valence-electron chi connectivity index (χ0n) is 15.8. The highest BCUT2D eigenvalue weighted by Gasteiger charge is 2.48. The number of allylic oxidation sites excluding steroid dienone is 2. The minimum absolute atomic E-state index is 0.0380. The predicted molar refractivity (Wildman–Crippen MR) is 103 cm³/mol. The maximum Gasteiger partial charge on any atom is 0.253 e. The first-order chi connectivity index (χ1) is 13.1. The first-order valence-corrected chi connectivity index (χ1v) is 9.99. The van der Waals surface area contributed by atoms with Crippen LogP contribution in [0, 0.1) is 11.8 Å². The number of carbonyl (C=O) groups is 3. The van der Waals surface area contributed by atoms with Crippen LogP contribution >= 0.6 is 0 Å². The highest BCUT2D eigenvalue weighted by Crippen LogP contribution is 2.39. The minimum Gasteiger partial charge on any atom is -0.339 e. The van der Waals surface area contributed by atoms with Crippen molar-refractivity contribution < 1.29 is 14.4 Å². The molecule has 5 heteroatoms. The molecule has 5 nitrogen and oxygen atoms in total. The lowest BCUT2D eigenvalue weighted by molar-refractivity contribution is -0.122. The molecule has 142 valence electrons. The summed E-state index contributed by atoms with van der Waals surface area (Å²) in [6.45, 7) is 3.62. The Bertz CT molecular complexity index is 788. The molecule has 27 heavy (non-hydrogen) atoms. The molecule has 0 saturated carbocycles. The average molecular weight is 366 g/mol. The van der Waals surface area contributed by atoms with Crippen molar-refractivity contribution >= 4 is 23.4 Å². The molecule has 3 aliphatic rings. The number of hydrogen-bond acceptors (Lipinski definition) is 3. The third kappa shape index (κ3) is 3.31. The largest absolute Gasteiger partial charge is 0.339 e. The Hall–Kier alpha value is -2.43. The van der Waals surface area contributed by atoms with Crippen LogP contribution in [0.3, 0.4) is 0 Å². The Morgan fingerprint density at radius 3 is 2.22 bits per heavy atom. The summed E-state index contributed by atoms with van der Waals surface area (Å²) in [6.07, 6.45) is 7.84. The summed E-state index contributed by atoms with van der Waals surface area (Å²) in [6, 6.07) is 6.96. The monoisotopic (exact) mass is 366 g/mol. The zero-order chi connectivity index (χ0) is 19.0. The second-order valence-corrected chi connectivity index (χ2v) is 7.97. The molecule has 0 bridgehead atoms. The van der Waals surface area contributed by atoms with Crippen LogP contribution in [-0.2, 0) is 9.59 Å². The van der Waals surface area contributed by atoms with E-state index >= 15 is 0 Å². The van der Waals surface area contributed by atoms with Gasteiger partial charge in [-0.3, -0.25) is 19.3 Å². The molecule has 1 aromatic carbocycles. The van der Waals surface area contributed by atoms with Crippen LogP contribution < -0.4 is 4.90 Å². The van der Waals surface area contributed by atoms with E-state index in [9.17, 15) is 14.4 Å². The summed E-state index contributed by atoms with van der Waals surface area (Å²) in [5.41, 5.74) is 2.37. The van der Waals surface area contributed by atoms with Gasteiger partial charge >= 0.3 is 0 Å². The van der Waals surface area contributed by atoms with E-state index in [4.69, 9.17) is 0 Å². The highest BCUT2D eigenvalue weighted by atomic mass is 16.2. The number of anilines is 1. The highest BCUT2D eigenvalue weighted by molar-refractivity contribution is 6.22. The van der Waals surface area contributed by atoms with Crippen LogP contribution in [0.25, 0.3) is 0 Å². The van der Waals surface area contributed by atoms with Crippen molar-refractivity contribution in [1.82, 2.24) is 4.90 Å². The predicted octanol–water partition coefficient (Wildman–Crippen LogP) is 3.55.